The molecular formula is C7H7FN2O4S. The van der Waals surface area contributed by atoms with Gasteiger partial charge in [-0.2, -0.15) is 0 Å². The van der Waals surface area contributed by atoms with Crippen LogP contribution in [0.25, 0.3) is 0 Å². The summed E-state index contributed by atoms with van der Waals surface area (Å²) in [5, 5.41) is 10.4. The quantitative estimate of drug-likeness (QED) is 0.475. The van der Waals surface area contributed by atoms with Crippen LogP contribution in [0.15, 0.2) is 23.1 Å². The maximum atomic E-state index is 12.1. The molecule has 1 aromatic carbocycles. The number of rotatable bonds is 3. The second-order valence-corrected chi connectivity index (χ2v) is 4.62. The lowest BCUT2D eigenvalue weighted by molar-refractivity contribution is -0.384. The molecular weight excluding hydrogens is 227 g/mol. The van der Waals surface area contributed by atoms with Gasteiger partial charge in [0.05, 0.1) is 9.82 Å². The highest BCUT2D eigenvalue weighted by Gasteiger charge is 2.19. The monoisotopic (exact) mass is 234 g/mol. The molecule has 1 rings (SSSR count). The SMILES string of the molecule is Nc1ccc(S(=O)(=O)CF)cc1[N+](=O)[O-]. The van der Waals surface area contributed by atoms with Crippen LogP contribution in [0, 0.1) is 10.1 Å². The van der Waals surface area contributed by atoms with Crippen LogP contribution in [-0.4, -0.2) is 19.3 Å². The lowest BCUT2D eigenvalue weighted by Crippen LogP contribution is -2.04. The third-order valence-electron chi connectivity index (χ3n) is 1.70. The number of nitrogens with two attached hydrogens (primary N) is 1. The highest BCUT2D eigenvalue weighted by atomic mass is 32.2. The van der Waals surface area contributed by atoms with E-state index in [2.05, 4.69) is 0 Å². The molecule has 2 N–H and O–H groups in total. The second kappa shape index (κ2) is 3.81. The Morgan fingerprint density at radius 2 is 2.07 bits per heavy atom. The fourth-order valence-corrected chi connectivity index (χ4v) is 1.63. The van der Waals surface area contributed by atoms with Crippen molar-refractivity contribution >= 4 is 21.2 Å². The Kier molecular flexibility index (Phi) is 2.89. The van der Waals surface area contributed by atoms with Gasteiger partial charge in [0, 0.05) is 6.07 Å². The first-order chi connectivity index (χ1) is 6.88. The van der Waals surface area contributed by atoms with E-state index in [0.29, 0.717) is 0 Å². The molecule has 0 atom stereocenters. The Balaban J connectivity index is 3.38. The molecule has 0 fully saturated rings. The number of nitro benzene ring substituents is 1. The summed E-state index contributed by atoms with van der Waals surface area (Å²) >= 11 is 0. The van der Waals surface area contributed by atoms with Crippen molar-refractivity contribution in [1.29, 1.82) is 0 Å². The summed E-state index contributed by atoms with van der Waals surface area (Å²) in [4.78, 5) is 9.15. The molecule has 8 heteroatoms. The van der Waals surface area contributed by atoms with Gasteiger partial charge in [-0.15, -0.1) is 0 Å². The van der Waals surface area contributed by atoms with Gasteiger partial charge in [-0.25, -0.2) is 12.8 Å². The molecule has 0 saturated heterocycles. The molecule has 0 spiro atoms. The van der Waals surface area contributed by atoms with E-state index in [1.165, 1.54) is 0 Å². The molecule has 0 bridgehead atoms. The molecule has 0 radical (unpaired) electrons. The number of alkyl halides is 1. The molecule has 0 unspecified atom stereocenters. The standard InChI is InChI=1S/C7H7FN2O4S/c8-4-15(13,14)5-1-2-6(9)7(3-5)10(11)12/h1-3H,4,9H2. The summed E-state index contributed by atoms with van der Waals surface area (Å²) in [7, 11) is -4.10. The van der Waals surface area contributed by atoms with Gasteiger partial charge in [-0.3, -0.25) is 10.1 Å². The van der Waals surface area contributed by atoms with E-state index in [0.717, 1.165) is 18.2 Å². The number of sulfone groups is 1. The van der Waals surface area contributed by atoms with Gasteiger partial charge in [0.25, 0.3) is 5.69 Å². The molecule has 0 aliphatic heterocycles. The zero-order valence-corrected chi connectivity index (χ0v) is 8.20. The number of nitrogen functional groups attached to an aromatic ring is 1. The zero-order chi connectivity index (χ0) is 11.6. The van der Waals surface area contributed by atoms with Crippen molar-refractivity contribution < 1.29 is 17.7 Å². The molecule has 0 aliphatic carbocycles. The summed E-state index contributed by atoms with van der Waals surface area (Å²) in [6.45, 7) is 0. The van der Waals surface area contributed by atoms with E-state index in [4.69, 9.17) is 5.73 Å². The zero-order valence-electron chi connectivity index (χ0n) is 7.38. The minimum atomic E-state index is -4.10. The lowest BCUT2D eigenvalue weighted by atomic mass is 10.3. The molecule has 1 aromatic rings. The lowest BCUT2D eigenvalue weighted by Gasteiger charge is -2.01. The summed E-state index contributed by atoms with van der Waals surface area (Å²) in [5.41, 5.74) is 4.52. The van der Waals surface area contributed by atoms with E-state index in [-0.39, 0.29) is 5.69 Å². The van der Waals surface area contributed by atoms with Crippen LogP contribution in [0.1, 0.15) is 0 Å². The van der Waals surface area contributed by atoms with E-state index < -0.39 is 31.4 Å². The van der Waals surface area contributed by atoms with Gasteiger partial charge in [-0.05, 0) is 12.1 Å². The van der Waals surface area contributed by atoms with Crippen molar-refractivity contribution in [2.75, 3.05) is 11.7 Å². The van der Waals surface area contributed by atoms with Crippen LogP contribution in [-0.2, 0) is 9.84 Å². The molecule has 0 aliphatic rings. The van der Waals surface area contributed by atoms with Crippen LogP contribution in [0.3, 0.4) is 0 Å². The van der Waals surface area contributed by atoms with Crippen LogP contribution < -0.4 is 5.73 Å². The number of benzene rings is 1. The Labute approximate surface area is 84.6 Å². The molecule has 0 saturated carbocycles. The van der Waals surface area contributed by atoms with Crippen LogP contribution >= 0.6 is 0 Å². The number of hydrogen-bond acceptors (Lipinski definition) is 5. The fourth-order valence-electron chi connectivity index (χ4n) is 0.938. The third-order valence-corrected chi connectivity index (χ3v) is 2.96. The smallest absolute Gasteiger partial charge is 0.293 e. The maximum absolute atomic E-state index is 12.1. The average Bonchev–Trinajstić information content (AvgIpc) is 2.17. The predicted octanol–water partition coefficient (Wildman–Crippen LogP) is 0.878. The maximum Gasteiger partial charge on any atom is 0.293 e. The van der Waals surface area contributed by atoms with Gasteiger partial charge >= 0.3 is 0 Å². The highest BCUT2D eigenvalue weighted by Crippen LogP contribution is 2.25. The van der Waals surface area contributed by atoms with Gasteiger partial charge in [-0.1, -0.05) is 0 Å². The van der Waals surface area contributed by atoms with Crippen molar-refractivity contribution in [3.8, 4) is 0 Å². The van der Waals surface area contributed by atoms with E-state index in [9.17, 15) is 22.9 Å². The minimum Gasteiger partial charge on any atom is -0.393 e. The first-order valence-corrected chi connectivity index (χ1v) is 5.36. The first kappa shape index (κ1) is 11.4. The second-order valence-electron chi connectivity index (χ2n) is 2.70. The van der Waals surface area contributed by atoms with Crippen molar-refractivity contribution in [3.05, 3.63) is 28.3 Å². The number of hydrogen-bond donors (Lipinski definition) is 1. The highest BCUT2D eigenvalue weighted by molar-refractivity contribution is 7.91. The van der Waals surface area contributed by atoms with Crippen molar-refractivity contribution in [2.24, 2.45) is 0 Å². The Hall–Kier alpha value is -1.70. The average molecular weight is 234 g/mol. The van der Waals surface area contributed by atoms with Gasteiger partial charge < -0.3 is 5.73 Å². The molecule has 0 amide bonds. The normalized spacial score (nSPS) is 11.3. The Morgan fingerprint density at radius 1 is 1.47 bits per heavy atom. The topological polar surface area (TPSA) is 103 Å². The third kappa shape index (κ3) is 2.21. The molecule has 82 valence electrons. The van der Waals surface area contributed by atoms with Crippen LogP contribution in [0.2, 0.25) is 0 Å². The summed E-state index contributed by atoms with van der Waals surface area (Å²) in [6, 6.07) is 1.22. The van der Waals surface area contributed by atoms with E-state index in [1.807, 2.05) is 0 Å². The van der Waals surface area contributed by atoms with E-state index >= 15 is 0 Å². The molecule has 15 heavy (non-hydrogen) atoms. The number of anilines is 1. The van der Waals surface area contributed by atoms with Crippen LogP contribution in [0.5, 0.6) is 0 Å². The number of halogens is 1. The first-order valence-electron chi connectivity index (χ1n) is 3.71. The Morgan fingerprint density at radius 3 is 2.53 bits per heavy atom. The van der Waals surface area contributed by atoms with E-state index in [1.54, 1.807) is 0 Å². The summed E-state index contributed by atoms with van der Waals surface area (Å²) in [5.74, 6) is 0. The van der Waals surface area contributed by atoms with Crippen molar-refractivity contribution in [2.45, 2.75) is 4.90 Å². The molecule has 0 aromatic heterocycles. The van der Waals surface area contributed by atoms with Crippen molar-refractivity contribution in [1.82, 2.24) is 0 Å². The van der Waals surface area contributed by atoms with Gasteiger partial charge in [0.2, 0.25) is 9.84 Å². The number of nitro groups is 1. The summed E-state index contributed by atoms with van der Waals surface area (Å²) < 4.78 is 34.2. The predicted molar refractivity (Wildman–Crippen MR) is 50.7 cm³/mol. The molecule has 6 nitrogen and oxygen atoms in total. The van der Waals surface area contributed by atoms with Crippen molar-refractivity contribution in [3.63, 3.8) is 0 Å². The Bertz CT molecular complexity index is 500. The largest absolute Gasteiger partial charge is 0.393 e. The van der Waals surface area contributed by atoms with Crippen LogP contribution in [0.4, 0.5) is 15.8 Å². The fraction of sp³-hybridized carbons (Fsp3) is 0.143. The summed E-state index contributed by atoms with van der Waals surface area (Å²) in [6.07, 6.45) is 0. The van der Waals surface area contributed by atoms with Gasteiger partial charge in [0.15, 0.2) is 6.01 Å². The number of nitrogens with zero attached hydrogens (tertiary/aromatic N) is 1. The minimum absolute atomic E-state index is 0.169. The van der Waals surface area contributed by atoms with Gasteiger partial charge in [0.1, 0.15) is 5.69 Å². The molecule has 0 heterocycles.